The van der Waals surface area contributed by atoms with Gasteiger partial charge in [-0.2, -0.15) is 0 Å². The van der Waals surface area contributed by atoms with Gasteiger partial charge in [-0.25, -0.2) is 0 Å². The van der Waals surface area contributed by atoms with Gasteiger partial charge in [-0.15, -0.1) is 0 Å². The quantitative estimate of drug-likeness (QED) is 0.277. The number of rotatable bonds is 4. The Morgan fingerprint density at radius 1 is 0.622 bits per heavy atom. The molecule has 0 spiro atoms. The van der Waals surface area contributed by atoms with Crippen LogP contribution in [0, 0.1) is 17.2 Å². The van der Waals surface area contributed by atoms with Crippen LogP contribution in [0.15, 0.2) is 140 Å². The van der Waals surface area contributed by atoms with E-state index in [0.717, 1.165) is 5.56 Å². The predicted octanol–water partition coefficient (Wildman–Crippen LogP) is 7.21. The average Bonchev–Trinajstić information content (AvgIpc) is 3.33. The van der Waals surface area contributed by atoms with Crippen LogP contribution in [-0.4, -0.2) is 5.66 Å². The summed E-state index contributed by atoms with van der Waals surface area (Å²) in [5.74, 6) is 0.159. The summed E-state index contributed by atoms with van der Waals surface area (Å²) in [5.41, 5.74) is 1.90. The molecule has 3 heteroatoms. The van der Waals surface area contributed by atoms with Gasteiger partial charge >= 0.3 is 207 Å². The van der Waals surface area contributed by atoms with Gasteiger partial charge in [0.15, 0.2) is 0 Å². The maximum atomic E-state index is 9.36. The van der Waals surface area contributed by atoms with Crippen molar-refractivity contribution in [3.05, 3.63) is 151 Å². The van der Waals surface area contributed by atoms with Crippen molar-refractivity contribution in [3.63, 3.8) is 0 Å². The van der Waals surface area contributed by atoms with Crippen molar-refractivity contribution in [2.45, 2.75) is 25.6 Å². The SMILES string of the molecule is CC.N#Cc1ccc(C2OP(c3ccccc3)(c3ccccc3)(c3ccccc3)C3C=CC=C[C@H]23)cc1. The van der Waals surface area contributed by atoms with E-state index < -0.39 is 6.83 Å². The molecule has 3 atom stereocenters. The fourth-order valence-corrected chi connectivity index (χ4v) is 12.9. The molecule has 0 N–H and O–H groups in total. The van der Waals surface area contributed by atoms with E-state index in [1.807, 2.05) is 26.0 Å². The Morgan fingerprint density at radius 3 is 1.54 bits per heavy atom. The molecule has 2 aliphatic rings. The van der Waals surface area contributed by atoms with Crippen LogP contribution >= 0.6 is 6.83 Å². The Balaban J connectivity index is 0.00000137. The second-order valence-corrected chi connectivity index (χ2v) is 13.8. The monoisotopic (exact) mass is 501 g/mol. The first-order chi connectivity index (χ1) is 18.3. The van der Waals surface area contributed by atoms with Crippen LogP contribution < -0.4 is 15.9 Å². The minimum atomic E-state index is -3.47. The number of fused-ring (bicyclic) bond motifs is 1. The molecule has 2 nitrogen and oxygen atoms in total. The Hall–Kier alpha value is -3.76. The van der Waals surface area contributed by atoms with Crippen molar-refractivity contribution in [2.24, 2.45) is 5.92 Å². The second kappa shape index (κ2) is 10.3. The van der Waals surface area contributed by atoms with Crippen LogP contribution in [0.1, 0.15) is 31.1 Å². The fraction of sp³-hybridized carbons (Fsp3) is 0.147. The molecule has 184 valence electrons. The summed E-state index contributed by atoms with van der Waals surface area (Å²) in [5, 5.41) is 13.1. The predicted molar refractivity (Wildman–Crippen MR) is 157 cm³/mol. The molecule has 1 saturated heterocycles. The zero-order valence-electron chi connectivity index (χ0n) is 21.3. The summed E-state index contributed by atoms with van der Waals surface area (Å²) in [4.78, 5) is 0. The molecule has 4 aromatic carbocycles. The normalized spacial score (nSPS) is 23.4. The van der Waals surface area contributed by atoms with Crippen LogP contribution in [-0.2, 0) is 4.52 Å². The van der Waals surface area contributed by atoms with Crippen molar-refractivity contribution in [2.75, 3.05) is 0 Å². The van der Waals surface area contributed by atoms with E-state index >= 15 is 0 Å². The summed E-state index contributed by atoms with van der Waals surface area (Å²) in [7, 11) is 0. The number of allylic oxidation sites excluding steroid dienone is 3. The van der Waals surface area contributed by atoms with Crippen LogP contribution in [0.4, 0.5) is 0 Å². The molecular formula is C34H32NOP. The third-order valence-electron chi connectivity index (χ3n) is 7.57. The Labute approximate surface area is 220 Å². The van der Waals surface area contributed by atoms with Gasteiger partial charge in [0, 0.05) is 0 Å². The zero-order chi connectivity index (χ0) is 25.7. The third-order valence-corrected chi connectivity index (χ3v) is 13.9. The van der Waals surface area contributed by atoms with Gasteiger partial charge in [0.25, 0.3) is 0 Å². The topological polar surface area (TPSA) is 33.0 Å². The summed E-state index contributed by atoms with van der Waals surface area (Å²) in [6.07, 6.45) is 8.88. The molecule has 1 heterocycles. The van der Waals surface area contributed by atoms with E-state index in [1.165, 1.54) is 15.9 Å². The molecule has 0 radical (unpaired) electrons. The molecule has 1 aliphatic heterocycles. The van der Waals surface area contributed by atoms with E-state index in [9.17, 15) is 5.26 Å². The van der Waals surface area contributed by atoms with Gasteiger partial charge < -0.3 is 0 Å². The van der Waals surface area contributed by atoms with Crippen molar-refractivity contribution >= 4 is 22.7 Å². The molecule has 0 aromatic heterocycles. The summed E-state index contributed by atoms with van der Waals surface area (Å²) >= 11 is 0. The molecule has 0 bridgehead atoms. The zero-order valence-corrected chi connectivity index (χ0v) is 22.2. The molecule has 4 aromatic rings. The summed E-state index contributed by atoms with van der Waals surface area (Å²) in [6, 6.07) is 42.7. The number of hydrogen-bond acceptors (Lipinski definition) is 2. The van der Waals surface area contributed by atoms with Crippen molar-refractivity contribution < 1.29 is 4.52 Å². The van der Waals surface area contributed by atoms with E-state index in [2.05, 4.69) is 134 Å². The summed E-state index contributed by atoms with van der Waals surface area (Å²) < 4.78 is 7.75. The van der Waals surface area contributed by atoms with E-state index in [1.54, 1.807) is 0 Å². The van der Waals surface area contributed by atoms with Crippen molar-refractivity contribution in [1.82, 2.24) is 0 Å². The fourth-order valence-electron chi connectivity index (χ4n) is 6.11. The van der Waals surface area contributed by atoms with Gasteiger partial charge in [0.05, 0.1) is 0 Å². The molecule has 2 unspecified atom stereocenters. The first-order valence-corrected chi connectivity index (χ1v) is 15.2. The maximum absolute atomic E-state index is 9.36. The number of hydrogen-bond donors (Lipinski definition) is 0. The Morgan fingerprint density at radius 2 is 1.08 bits per heavy atom. The molecule has 0 amide bonds. The van der Waals surface area contributed by atoms with Crippen LogP contribution in [0.3, 0.4) is 0 Å². The van der Waals surface area contributed by atoms with Gasteiger partial charge in [-0.3, -0.25) is 0 Å². The molecular weight excluding hydrogens is 469 g/mol. The second-order valence-electron chi connectivity index (χ2n) is 9.21. The van der Waals surface area contributed by atoms with E-state index in [-0.39, 0.29) is 17.7 Å². The Kier molecular flexibility index (Phi) is 6.94. The number of nitriles is 1. The number of nitrogens with zero attached hydrogens (tertiary/aromatic N) is 1. The molecule has 0 saturated carbocycles. The first-order valence-electron chi connectivity index (χ1n) is 13.0. The summed E-state index contributed by atoms with van der Waals surface area (Å²) in [6.45, 7) is 0.526. The van der Waals surface area contributed by atoms with Crippen molar-refractivity contribution in [3.8, 4) is 6.07 Å². The minimum absolute atomic E-state index is 0.138. The molecule has 1 fully saturated rings. The van der Waals surface area contributed by atoms with E-state index in [4.69, 9.17) is 4.52 Å². The first kappa shape index (κ1) is 24.9. The standard InChI is InChI=1S/C32H26NOP.C2H6/c33-24-25-20-22-26(23-21-25)32-30-18-10-11-19-31(30)35(34-32,27-12-4-1-5-13-27,28-14-6-2-7-15-28)29-16-8-3-9-17-29;1-2/h1-23,30-32H;1-2H3/t30-,31?,32?;/m0./s1. The van der Waals surface area contributed by atoms with Gasteiger partial charge in [0.2, 0.25) is 0 Å². The van der Waals surface area contributed by atoms with Gasteiger partial charge in [0.1, 0.15) is 0 Å². The molecule has 37 heavy (non-hydrogen) atoms. The molecule has 6 rings (SSSR count). The van der Waals surface area contributed by atoms with Crippen molar-refractivity contribution in [1.29, 1.82) is 5.26 Å². The van der Waals surface area contributed by atoms with Gasteiger partial charge in [-0.05, 0) is 0 Å². The van der Waals surface area contributed by atoms with E-state index in [0.29, 0.717) is 5.56 Å². The van der Waals surface area contributed by atoms with Crippen LogP contribution in [0.2, 0.25) is 0 Å². The van der Waals surface area contributed by atoms with Gasteiger partial charge in [-0.1, -0.05) is 13.8 Å². The Bertz CT molecular complexity index is 1340. The number of benzene rings is 4. The third kappa shape index (κ3) is 3.70. The average molecular weight is 502 g/mol. The molecule has 1 aliphatic carbocycles. The van der Waals surface area contributed by atoms with Crippen LogP contribution in [0.25, 0.3) is 0 Å². The van der Waals surface area contributed by atoms with Crippen LogP contribution in [0.5, 0.6) is 0 Å².